The molecule has 55 heavy (non-hydrogen) atoms. The van der Waals surface area contributed by atoms with Crippen molar-refractivity contribution in [3.05, 3.63) is 36.0 Å². The standard InChI is InChI=1S/C35H50N8O11S/c1-16-28(47)39-23(9-19-12-36-22-8-6-5-7-21(19)22)30(49)40-24(11-35(4,54)15-44)31(50)37-17(2)29(48)42-27(18(3)45)33(52)41-25(14-55)34(53)43-13-20(46)10-26(43)32(51)38-16/h5-8,12,16-18,20,23-27,36,44-46,54-55H,9-11,13-15H2,1-4H3,(H,37,50)(H,38,51)(H,39,47)(H,40,49)(H,41,52)(H,42,48)/t16-,17-,18-,20+,23-,24-,25-,26-,27-,35-/m0/s1. The van der Waals surface area contributed by atoms with Crippen LogP contribution in [-0.2, 0) is 40.0 Å². The van der Waals surface area contributed by atoms with Crippen LogP contribution in [-0.4, -0.2) is 151 Å². The zero-order chi connectivity index (χ0) is 40.8. The van der Waals surface area contributed by atoms with E-state index in [-0.39, 0.29) is 25.1 Å². The van der Waals surface area contributed by atoms with Crippen LogP contribution in [0, 0.1) is 0 Å². The van der Waals surface area contributed by atoms with Gasteiger partial charge in [0.25, 0.3) is 0 Å². The molecule has 1 aromatic carbocycles. The Morgan fingerprint density at radius 2 is 1.42 bits per heavy atom. The first-order valence-corrected chi connectivity index (χ1v) is 18.5. The van der Waals surface area contributed by atoms with Gasteiger partial charge in [-0.25, -0.2) is 0 Å². The highest BCUT2D eigenvalue weighted by atomic mass is 32.1. The molecule has 7 amide bonds. The van der Waals surface area contributed by atoms with Gasteiger partial charge in [0.05, 0.1) is 24.4 Å². The summed E-state index contributed by atoms with van der Waals surface area (Å²) in [6, 6.07) is -2.79. The Hall–Kier alpha value is -4.76. The predicted molar refractivity (Wildman–Crippen MR) is 199 cm³/mol. The zero-order valence-electron chi connectivity index (χ0n) is 30.9. The molecule has 2 fully saturated rings. The molecule has 302 valence electrons. The summed E-state index contributed by atoms with van der Waals surface area (Å²) in [7, 11) is 0. The highest BCUT2D eigenvalue weighted by Gasteiger charge is 2.43. The second-order valence-corrected chi connectivity index (χ2v) is 14.7. The summed E-state index contributed by atoms with van der Waals surface area (Å²) < 4.78 is 0. The third-order valence-electron chi connectivity index (χ3n) is 9.58. The second-order valence-electron chi connectivity index (χ2n) is 14.4. The van der Waals surface area contributed by atoms with Gasteiger partial charge in [-0.1, -0.05) is 18.2 Å². The molecule has 0 bridgehead atoms. The number of H-pyrrole nitrogens is 1. The van der Waals surface area contributed by atoms with Crippen molar-refractivity contribution in [1.82, 2.24) is 41.8 Å². The van der Waals surface area contributed by atoms with Gasteiger partial charge in [-0.3, -0.25) is 33.6 Å². The fourth-order valence-corrected chi connectivity index (χ4v) is 6.65. The van der Waals surface area contributed by atoms with Crippen LogP contribution in [0.4, 0.5) is 0 Å². The summed E-state index contributed by atoms with van der Waals surface area (Å²) in [6.07, 6.45) is -1.85. The number of aromatic nitrogens is 1. The van der Waals surface area contributed by atoms with E-state index < -0.39 is 114 Å². The highest BCUT2D eigenvalue weighted by molar-refractivity contribution is 7.80. The molecule has 2 aliphatic rings. The van der Waals surface area contributed by atoms with Crippen LogP contribution in [0.15, 0.2) is 30.5 Å². The molecule has 0 radical (unpaired) electrons. The second kappa shape index (κ2) is 18.2. The summed E-state index contributed by atoms with van der Waals surface area (Å²) >= 11 is 4.18. The number of hydrogen-bond acceptors (Lipinski definition) is 12. The molecule has 0 spiro atoms. The number of aliphatic hydroxyl groups is 4. The average molecular weight is 791 g/mol. The van der Waals surface area contributed by atoms with E-state index in [9.17, 15) is 54.0 Å². The molecule has 2 aromatic rings. The number of nitrogens with zero attached hydrogens (tertiary/aromatic N) is 1. The maximum absolute atomic E-state index is 14.0. The molecule has 2 aliphatic heterocycles. The molecule has 2 saturated heterocycles. The lowest BCUT2D eigenvalue weighted by molar-refractivity contribution is -0.142. The van der Waals surface area contributed by atoms with Gasteiger partial charge in [-0.05, 0) is 39.3 Å². The molecular weight excluding hydrogens is 740 g/mol. The number of carbonyl (C=O) groups is 7. The molecule has 20 heteroatoms. The number of amides is 7. The predicted octanol–water partition coefficient (Wildman–Crippen LogP) is -3.92. The van der Waals surface area contributed by atoms with Crippen LogP contribution in [0.5, 0.6) is 0 Å². The largest absolute Gasteiger partial charge is 0.393 e. The highest BCUT2D eigenvalue weighted by Crippen LogP contribution is 2.22. The van der Waals surface area contributed by atoms with Crippen molar-refractivity contribution in [2.45, 2.75) is 107 Å². The van der Waals surface area contributed by atoms with Gasteiger partial charge >= 0.3 is 0 Å². The monoisotopic (exact) mass is 790 g/mol. The number of fused-ring (bicyclic) bond motifs is 2. The molecule has 1 aromatic heterocycles. The summed E-state index contributed by atoms with van der Waals surface area (Å²) in [5.74, 6) is -6.56. The van der Waals surface area contributed by atoms with E-state index in [1.807, 2.05) is 6.07 Å². The molecular formula is C35H50N8O11S. The molecule has 4 rings (SSSR count). The maximum atomic E-state index is 14.0. The molecule has 0 unspecified atom stereocenters. The van der Waals surface area contributed by atoms with Crippen LogP contribution in [0.2, 0.25) is 0 Å². The van der Waals surface area contributed by atoms with Gasteiger partial charge in [0, 0.05) is 48.7 Å². The minimum Gasteiger partial charge on any atom is -0.393 e. The Morgan fingerprint density at radius 3 is 2.05 bits per heavy atom. The van der Waals surface area contributed by atoms with Crippen molar-refractivity contribution in [2.75, 3.05) is 18.9 Å². The molecule has 10 atom stereocenters. The summed E-state index contributed by atoms with van der Waals surface area (Å²) in [5, 5.41) is 57.0. The number of aromatic amines is 1. The minimum absolute atomic E-state index is 0.115. The fraction of sp³-hybridized carbons (Fsp3) is 0.571. The zero-order valence-corrected chi connectivity index (χ0v) is 31.8. The molecule has 3 heterocycles. The Bertz CT molecular complexity index is 1770. The first kappa shape index (κ1) is 43.0. The van der Waals surface area contributed by atoms with E-state index in [0.717, 1.165) is 15.8 Å². The Balaban J connectivity index is 1.74. The average Bonchev–Trinajstić information content (AvgIpc) is 3.74. The summed E-state index contributed by atoms with van der Waals surface area (Å²) in [6.45, 7) is 3.92. The smallest absolute Gasteiger partial charge is 0.246 e. The van der Waals surface area contributed by atoms with Gasteiger partial charge < -0.3 is 62.2 Å². The molecule has 0 aliphatic carbocycles. The topological polar surface area (TPSA) is 292 Å². The van der Waals surface area contributed by atoms with E-state index in [0.29, 0.717) is 5.56 Å². The van der Waals surface area contributed by atoms with E-state index in [2.05, 4.69) is 49.5 Å². The lowest BCUT2D eigenvalue weighted by atomic mass is 9.96. The van der Waals surface area contributed by atoms with E-state index in [1.165, 1.54) is 27.7 Å². The maximum Gasteiger partial charge on any atom is 0.246 e. The van der Waals surface area contributed by atoms with Crippen molar-refractivity contribution in [2.24, 2.45) is 0 Å². The Kier molecular flexibility index (Phi) is 14.3. The number of thiol groups is 1. The van der Waals surface area contributed by atoms with Crippen molar-refractivity contribution >= 4 is 64.9 Å². The van der Waals surface area contributed by atoms with Gasteiger partial charge in [0.2, 0.25) is 41.4 Å². The number of para-hydroxylation sites is 1. The van der Waals surface area contributed by atoms with Gasteiger partial charge in [-0.2, -0.15) is 12.6 Å². The Labute approximate surface area is 322 Å². The van der Waals surface area contributed by atoms with Crippen LogP contribution >= 0.6 is 12.6 Å². The number of aliphatic hydroxyl groups excluding tert-OH is 3. The van der Waals surface area contributed by atoms with Crippen molar-refractivity contribution in [3.63, 3.8) is 0 Å². The fourth-order valence-electron chi connectivity index (χ4n) is 6.40. The minimum atomic E-state index is -1.90. The summed E-state index contributed by atoms with van der Waals surface area (Å²) in [4.78, 5) is 99.3. The number of benzene rings is 1. The molecule has 11 N–H and O–H groups in total. The first-order valence-electron chi connectivity index (χ1n) is 17.8. The molecule has 19 nitrogen and oxygen atoms in total. The van der Waals surface area contributed by atoms with E-state index in [4.69, 9.17) is 0 Å². The quantitative estimate of drug-likeness (QED) is 0.120. The third kappa shape index (κ3) is 10.7. The van der Waals surface area contributed by atoms with E-state index >= 15 is 0 Å². The number of nitrogens with one attached hydrogen (secondary N) is 7. The third-order valence-corrected chi connectivity index (χ3v) is 9.94. The summed E-state index contributed by atoms with van der Waals surface area (Å²) in [5.41, 5.74) is -0.557. The van der Waals surface area contributed by atoms with Gasteiger partial charge in [0.15, 0.2) is 0 Å². The van der Waals surface area contributed by atoms with Gasteiger partial charge in [-0.15, -0.1) is 0 Å². The number of hydrogen-bond donors (Lipinski definition) is 12. The number of carbonyl (C=O) groups excluding carboxylic acids is 7. The van der Waals surface area contributed by atoms with Gasteiger partial charge in [0.1, 0.15) is 42.3 Å². The first-order chi connectivity index (χ1) is 25.8. The SMILES string of the molecule is C[C@@H]1NC(=O)[C@H](C[C@](C)(O)CO)NC(=O)[C@H](Cc2c[nH]c3ccccc23)NC(=O)[C@H](C)NC(=O)[C@@H]2C[C@@H](O)CN2C(=O)[C@H](CS)NC(=O)[C@H]([C@H](C)O)NC1=O. The van der Waals surface area contributed by atoms with Crippen LogP contribution in [0.1, 0.15) is 46.1 Å². The number of rotatable bonds is 7. The van der Waals surface area contributed by atoms with Crippen LogP contribution in [0.3, 0.4) is 0 Å². The normalized spacial score (nSPS) is 29.8. The lowest BCUT2D eigenvalue weighted by Gasteiger charge is -2.30. The van der Waals surface area contributed by atoms with Crippen LogP contribution < -0.4 is 31.9 Å². The van der Waals surface area contributed by atoms with Crippen molar-refractivity contribution in [3.8, 4) is 0 Å². The lowest BCUT2D eigenvalue weighted by Crippen LogP contribution is -2.61. The van der Waals surface area contributed by atoms with Crippen LogP contribution in [0.25, 0.3) is 10.9 Å². The van der Waals surface area contributed by atoms with Crippen molar-refractivity contribution in [1.29, 1.82) is 0 Å². The molecule has 0 saturated carbocycles. The van der Waals surface area contributed by atoms with Crippen molar-refractivity contribution < 1.29 is 54.0 Å². The Morgan fingerprint density at radius 1 is 0.836 bits per heavy atom. The van der Waals surface area contributed by atoms with E-state index in [1.54, 1.807) is 24.4 Å².